The molecule has 0 saturated heterocycles. The second kappa shape index (κ2) is 4.84. The molecule has 2 rings (SSSR count). The molecule has 1 atom stereocenters. The van der Waals surface area contributed by atoms with Crippen LogP contribution in [0.15, 0.2) is 0 Å². The topological polar surface area (TPSA) is 21.3 Å². The SMILES string of the molecule is CNC(CCC1CC1)CC1(OC)CCC1. The van der Waals surface area contributed by atoms with Crippen LogP contribution in [0.25, 0.3) is 0 Å². The molecule has 0 aliphatic heterocycles. The quantitative estimate of drug-likeness (QED) is 0.699. The summed E-state index contributed by atoms with van der Waals surface area (Å²) in [4.78, 5) is 0. The number of rotatable bonds is 7. The molecule has 88 valence electrons. The van der Waals surface area contributed by atoms with Crippen LogP contribution in [0, 0.1) is 5.92 Å². The minimum atomic E-state index is 0.233. The number of hydrogen-bond acceptors (Lipinski definition) is 2. The van der Waals surface area contributed by atoms with E-state index in [-0.39, 0.29) is 5.60 Å². The first-order valence-electron chi connectivity index (χ1n) is 6.50. The predicted octanol–water partition coefficient (Wildman–Crippen LogP) is 2.72. The lowest BCUT2D eigenvalue weighted by atomic mass is 9.75. The Hall–Kier alpha value is -0.0800. The van der Waals surface area contributed by atoms with Gasteiger partial charge in [-0.2, -0.15) is 0 Å². The molecule has 0 bridgehead atoms. The van der Waals surface area contributed by atoms with Gasteiger partial charge in [0, 0.05) is 13.2 Å². The van der Waals surface area contributed by atoms with Crippen LogP contribution >= 0.6 is 0 Å². The van der Waals surface area contributed by atoms with E-state index in [4.69, 9.17) is 4.74 Å². The summed E-state index contributed by atoms with van der Waals surface area (Å²) in [6.07, 6.45) is 10.8. The van der Waals surface area contributed by atoms with Gasteiger partial charge in [0.25, 0.3) is 0 Å². The molecule has 0 aromatic carbocycles. The van der Waals surface area contributed by atoms with Crippen molar-refractivity contribution < 1.29 is 4.74 Å². The highest BCUT2D eigenvalue weighted by Gasteiger charge is 2.38. The number of methoxy groups -OCH3 is 1. The summed E-state index contributed by atoms with van der Waals surface area (Å²) in [5.41, 5.74) is 0.233. The molecule has 0 heterocycles. The summed E-state index contributed by atoms with van der Waals surface area (Å²) in [5, 5.41) is 3.46. The van der Waals surface area contributed by atoms with Crippen LogP contribution in [0.4, 0.5) is 0 Å². The lowest BCUT2D eigenvalue weighted by molar-refractivity contribution is -0.0836. The van der Waals surface area contributed by atoms with Gasteiger partial charge in [-0.05, 0) is 51.5 Å². The van der Waals surface area contributed by atoms with Crippen molar-refractivity contribution in [1.29, 1.82) is 0 Å². The van der Waals surface area contributed by atoms with E-state index in [1.807, 2.05) is 7.11 Å². The normalized spacial score (nSPS) is 26.0. The molecule has 1 unspecified atom stereocenters. The Kier molecular flexibility index (Phi) is 3.68. The molecule has 0 amide bonds. The van der Waals surface area contributed by atoms with Crippen molar-refractivity contribution >= 4 is 0 Å². The molecule has 15 heavy (non-hydrogen) atoms. The van der Waals surface area contributed by atoms with Gasteiger partial charge in [-0.15, -0.1) is 0 Å². The molecule has 0 radical (unpaired) electrons. The van der Waals surface area contributed by atoms with Crippen molar-refractivity contribution in [2.75, 3.05) is 14.2 Å². The van der Waals surface area contributed by atoms with Crippen LogP contribution in [0.1, 0.15) is 51.4 Å². The third-order valence-electron chi connectivity index (χ3n) is 4.34. The van der Waals surface area contributed by atoms with Gasteiger partial charge in [-0.1, -0.05) is 12.8 Å². The van der Waals surface area contributed by atoms with Crippen molar-refractivity contribution in [2.24, 2.45) is 5.92 Å². The van der Waals surface area contributed by atoms with Crippen molar-refractivity contribution in [3.63, 3.8) is 0 Å². The summed E-state index contributed by atoms with van der Waals surface area (Å²) in [6, 6.07) is 0.672. The summed E-state index contributed by atoms with van der Waals surface area (Å²) >= 11 is 0. The summed E-state index contributed by atoms with van der Waals surface area (Å²) in [5.74, 6) is 1.06. The third kappa shape index (κ3) is 2.94. The van der Waals surface area contributed by atoms with E-state index in [1.54, 1.807) is 0 Å². The first kappa shape index (κ1) is 11.4. The second-order valence-corrected chi connectivity index (χ2v) is 5.45. The van der Waals surface area contributed by atoms with Crippen LogP contribution in [0.3, 0.4) is 0 Å². The van der Waals surface area contributed by atoms with Gasteiger partial charge in [0.05, 0.1) is 5.60 Å². The van der Waals surface area contributed by atoms with Gasteiger partial charge in [0.2, 0.25) is 0 Å². The van der Waals surface area contributed by atoms with Gasteiger partial charge >= 0.3 is 0 Å². The monoisotopic (exact) mass is 211 g/mol. The Morgan fingerprint density at radius 3 is 2.53 bits per heavy atom. The Balaban J connectivity index is 1.72. The van der Waals surface area contributed by atoms with Crippen molar-refractivity contribution in [2.45, 2.75) is 63.0 Å². The van der Waals surface area contributed by atoms with E-state index in [9.17, 15) is 0 Å². The highest BCUT2D eigenvalue weighted by molar-refractivity contribution is 4.93. The molecule has 0 aromatic heterocycles. The molecule has 2 aliphatic carbocycles. The zero-order chi connectivity index (χ0) is 10.7. The average Bonchev–Trinajstić information content (AvgIpc) is 3.00. The second-order valence-electron chi connectivity index (χ2n) is 5.45. The molecular weight excluding hydrogens is 186 g/mol. The maximum atomic E-state index is 5.69. The fourth-order valence-electron chi connectivity index (χ4n) is 2.70. The molecule has 2 heteroatoms. The third-order valence-corrected chi connectivity index (χ3v) is 4.34. The zero-order valence-electron chi connectivity index (χ0n) is 10.2. The van der Waals surface area contributed by atoms with Gasteiger partial charge in [-0.3, -0.25) is 0 Å². The first-order valence-corrected chi connectivity index (χ1v) is 6.50. The molecule has 2 aliphatic rings. The van der Waals surface area contributed by atoms with E-state index < -0.39 is 0 Å². The zero-order valence-corrected chi connectivity index (χ0v) is 10.2. The van der Waals surface area contributed by atoms with E-state index in [0.717, 1.165) is 5.92 Å². The molecule has 0 aromatic rings. The molecule has 2 saturated carbocycles. The minimum absolute atomic E-state index is 0.233. The fraction of sp³-hybridized carbons (Fsp3) is 1.00. The van der Waals surface area contributed by atoms with Crippen LogP contribution in [-0.2, 0) is 4.74 Å². The van der Waals surface area contributed by atoms with E-state index in [2.05, 4.69) is 12.4 Å². The van der Waals surface area contributed by atoms with Gasteiger partial charge in [-0.25, -0.2) is 0 Å². The fourth-order valence-corrected chi connectivity index (χ4v) is 2.70. The Morgan fingerprint density at radius 2 is 2.13 bits per heavy atom. The van der Waals surface area contributed by atoms with Crippen LogP contribution in [0.5, 0.6) is 0 Å². The van der Waals surface area contributed by atoms with E-state index in [0.29, 0.717) is 6.04 Å². The Labute approximate surface area is 93.8 Å². The lowest BCUT2D eigenvalue weighted by Crippen LogP contribution is -2.45. The van der Waals surface area contributed by atoms with E-state index >= 15 is 0 Å². The molecule has 1 N–H and O–H groups in total. The molecule has 2 fully saturated rings. The minimum Gasteiger partial charge on any atom is -0.378 e. The summed E-state index contributed by atoms with van der Waals surface area (Å²) in [7, 11) is 3.98. The Morgan fingerprint density at radius 1 is 1.40 bits per heavy atom. The first-order chi connectivity index (χ1) is 7.28. The maximum absolute atomic E-state index is 5.69. The maximum Gasteiger partial charge on any atom is 0.0693 e. The van der Waals surface area contributed by atoms with Crippen LogP contribution in [-0.4, -0.2) is 25.8 Å². The lowest BCUT2D eigenvalue weighted by Gasteiger charge is -2.42. The van der Waals surface area contributed by atoms with Gasteiger partial charge in [0.15, 0.2) is 0 Å². The Bertz CT molecular complexity index is 191. The molecule has 2 nitrogen and oxygen atoms in total. The summed E-state index contributed by atoms with van der Waals surface area (Å²) < 4.78 is 5.69. The van der Waals surface area contributed by atoms with Crippen LogP contribution in [0.2, 0.25) is 0 Å². The van der Waals surface area contributed by atoms with Gasteiger partial charge < -0.3 is 10.1 Å². The molecule has 0 spiro atoms. The predicted molar refractivity (Wildman–Crippen MR) is 63.0 cm³/mol. The van der Waals surface area contributed by atoms with Crippen molar-refractivity contribution in [3.8, 4) is 0 Å². The highest BCUT2D eigenvalue weighted by Crippen LogP contribution is 2.40. The summed E-state index contributed by atoms with van der Waals surface area (Å²) in [6.45, 7) is 0. The highest BCUT2D eigenvalue weighted by atomic mass is 16.5. The molecular formula is C13H25NO. The number of ether oxygens (including phenoxy) is 1. The largest absolute Gasteiger partial charge is 0.378 e. The van der Waals surface area contributed by atoms with Crippen LogP contribution < -0.4 is 5.32 Å². The number of nitrogens with one attached hydrogen (secondary N) is 1. The average molecular weight is 211 g/mol. The smallest absolute Gasteiger partial charge is 0.0693 e. The van der Waals surface area contributed by atoms with E-state index in [1.165, 1.54) is 51.4 Å². The van der Waals surface area contributed by atoms with Crippen molar-refractivity contribution in [1.82, 2.24) is 5.32 Å². The van der Waals surface area contributed by atoms with Crippen molar-refractivity contribution in [3.05, 3.63) is 0 Å². The standard InChI is InChI=1S/C13H25NO/c1-14-12(7-6-11-4-5-11)10-13(15-2)8-3-9-13/h11-12,14H,3-10H2,1-2H3. The van der Waals surface area contributed by atoms with Gasteiger partial charge in [0.1, 0.15) is 0 Å². The number of hydrogen-bond donors (Lipinski definition) is 1.